The van der Waals surface area contributed by atoms with Gasteiger partial charge in [-0.25, -0.2) is 5.43 Å². The van der Waals surface area contributed by atoms with E-state index >= 15 is 0 Å². The first-order valence-electron chi connectivity index (χ1n) is 6.66. The van der Waals surface area contributed by atoms with E-state index in [0.717, 1.165) is 0 Å². The molecule has 0 bridgehead atoms. The molecular formula is C16H15ClN2O4. The fourth-order valence-electron chi connectivity index (χ4n) is 1.69. The minimum absolute atomic E-state index is 0.0311. The second-order valence-electron chi connectivity index (χ2n) is 4.47. The summed E-state index contributed by atoms with van der Waals surface area (Å²) in [6.07, 6.45) is 1.43. The van der Waals surface area contributed by atoms with Crippen LogP contribution >= 0.6 is 11.6 Å². The molecule has 0 atom stereocenters. The molecule has 7 heteroatoms. The number of carbonyl (C=O) groups excluding carboxylic acids is 1. The molecule has 0 heterocycles. The van der Waals surface area contributed by atoms with E-state index in [-0.39, 0.29) is 12.4 Å². The van der Waals surface area contributed by atoms with E-state index in [2.05, 4.69) is 10.5 Å². The number of rotatable bonds is 6. The summed E-state index contributed by atoms with van der Waals surface area (Å²) in [5, 5.41) is 13.8. The van der Waals surface area contributed by atoms with Crippen LogP contribution in [0.15, 0.2) is 47.6 Å². The largest absolute Gasteiger partial charge is 0.504 e. The molecule has 0 unspecified atom stereocenters. The lowest BCUT2D eigenvalue weighted by Crippen LogP contribution is -2.24. The summed E-state index contributed by atoms with van der Waals surface area (Å²) in [5.74, 6) is 0.444. The predicted octanol–water partition coefficient (Wildman–Crippen LogP) is 2.58. The highest BCUT2D eigenvalue weighted by molar-refractivity contribution is 6.30. The SMILES string of the molecule is COc1cc(/C=N\NC(=O)COc2cccc(Cl)c2)ccc1O. The summed E-state index contributed by atoms with van der Waals surface area (Å²) in [6, 6.07) is 11.5. The Bertz CT molecular complexity index is 719. The second-order valence-corrected chi connectivity index (χ2v) is 4.91. The lowest BCUT2D eigenvalue weighted by atomic mass is 10.2. The molecule has 0 spiro atoms. The first kappa shape index (κ1) is 16.6. The van der Waals surface area contributed by atoms with Crippen LogP contribution in [-0.4, -0.2) is 30.9 Å². The number of benzene rings is 2. The average Bonchev–Trinajstić information content (AvgIpc) is 2.54. The Hall–Kier alpha value is -2.73. The zero-order chi connectivity index (χ0) is 16.7. The van der Waals surface area contributed by atoms with E-state index in [4.69, 9.17) is 21.1 Å². The topological polar surface area (TPSA) is 80.2 Å². The molecule has 2 N–H and O–H groups in total. The zero-order valence-corrected chi connectivity index (χ0v) is 13.1. The van der Waals surface area contributed by atoms with Gasteiger partial charge in [0.15, 0.2) is 18.1 Å². The number of nitrogens with zero attached hydrogens (tertiary/aromatic N) is 1. The minimum Gasteiger partial charge on any atom is -0.504 e. The van der Waals surface area contributed by atoms with E-state index < -0.39 is 5.91 Å². The number of halogens is 1. The number of carbonyl (C=O) groups is 1. The summed E-state index contributed by atoms with van der Waals surface area (Å²) >= 11 is 5.82. The van der Waals surface area contributed by atoms with Gasteiger partial charge in [-0.2, -0.15) is 5.10 Å². The predicted molar refractivity (Wildman–Crippen MR) is 87.3 cm³/mol. The third-order valence-electron chi connectivity index (χ3n) is 2.77. The lowest BCUT2D eigenvalue weighted by Gasteiger charge is -2.05. The number of phenols is 1. The maximum atomic E-state index is 11.6. The molecule has 0 radical (unpaired) electrons. The number of hydrogen-bond donors (Lipinski definition) is 2. The Kier molecular flexibility index (Phi) is 5.82. The fraction of sp³-hybridized carbons (Fsp3) is 0.125. The number of nitrogens with one attached hydrogen (secondary N) is 1. The van der Waals surface area contributed by atoms with Crippen LogP contribution in [0.4, 0.5) is 0 Å². The average molecular weight is 335 g/mol. The van der Waals surface area contributed by atoms with Crippen molar-refractivity contribution in [1.29, 1.82) is 0 Å². The molecule has 0 aliphatic heterocycles. The molecule has 2 aromatic carbocycles. The highest BCUT2D eigenvalue weighted by Gasteiger charge is 2.03. The van der Waals surface area contributed by atoms with Gasteiger partial charge in [-0.05, 0) is 42.0 Å². The molecule has 120 valence electrons. The van der Waals surface area contributed by atoms with Gasteiger partial charge in [-0.3, -0.25) is 4.79 Å². The molecule has 0 aliphatic carbocycles. The smallest absolute Gasteiger partial charge is 0.277 e. The van der Waals surface area contributed by atoms with Crippen molar-refractivity contribution >= 4 is 23.7 Å². The molecule has 2 rings (SSSR count). The third kappa shape index (κ3) is 5.19. The van der Waals surface area contributed by atoms with Gasteiger partial charge in [0.25, 0.3) is 5.91 Å². The Balaban J connectivity index is 1.84. The highest BCUT2D eigenvalue weighted by Crippen LogP contribution is 2.25. The van der Waals surface area contributed by atoms with Crippen molar-refractivity contribution in [2.75, 3.05) is 13.7 Å². The number of aromatic hydroxyl groups is 1. The van der Waals surface area contributed by atoms with Crippen LogP contribution in [0.1, 0.15) is 5.56 Å². The molecule has 23 heavy (non-hydrogen) atoms. The Labute approximate surface area is 138 Å². The standard InChI is InChI=1S/C16H15ClN2O4/c1-22-15-7-11(5-6-14(15)20)9-18-19-16(21)10-23-13-4-2-3-12(17)8-13/h2-9,20H,10H2,1H3,(H,19,21)/b18-9-. The fourth-order valence-corrected chi connectivity index (χ4v) is 1.87. The number of ether oxygens (including phenoxy) is 2. The van der Waals surface area contributed by atoms with Crippen LogP contribution in [-0.2, 0) is 4.79 Å². The number of amides is 1. The van der Waals surface area contributed by atoms with Crippen LogP contribution in [0, 0.1) is 0 Å². The first-order chi connectivity index (χ1) is 11.1. The molecule has 0 aromatic heterocycles. The third-order valence-corrected chi connectivity index (χ3v) is 3.01. The van der Waals surface area contributed by atoms with E-state index in [1.165, 1.54) is 19.4 Å². The highest BCUT2D eigenvalue weighted by atomic mass is 35.5. The van der Waals surface area contributed by atoms with Gasteiger partial charge in [0.05, 0.1) is 13.3 Å². The Morgan fingerprint density at radius 3 is 2.91 bits per heavy atom. The number of hydrogen-bond acceptors (Lipinski definition) is 5. The van der Waals surface area contributed by atoms with E-state index in [0.29, 0.717) is 22.1 Å². The van der Waals surface area contributed by atoms with E-state index in [1.807, 2.05) is 0 Å². The number of methoxy groups -OCH3 is 1. The van der Waals surface area contributed by atoms with Crippen LogP contribution in [0.3, 0.4) is 0 Å². The molecule has 1 amide bonds. The van der Waals surface area contributed by atoms with Crippen molar-refractivity contribution in [2.24, 2.45) is 5.10 Å². The summed E-state index contributed by atoms with van der Waals surface area (Å²) in [4.78, 5) is 11.6. The van der Waals surface area contributed by atoms with Crippen molar-refractivity contribution in [1.82, 2.24) is 5.43 Å². The number of phenolic OH excluding ortho intramolecular Hbond substituents is 1. The van der Waals surface area contributed by atoms with Gasteiger partial charge in [-0.1, -0.05) is 17.7 Å². The molecule has 0 aliphatic rings. The molecule has 2 aromatic rings. The monoisotopic (exact) mass is 334 g/mol. The van der Waals surface area contributed by atoms with Crippen LogP contribution in [0.25, 0.3) is 0 Å². The van der Waals surface area contributed by atoms with Crippen molar-refractivity contribution < 1.29 is 19.4 Å². The van der Waals surface area contributed by atoms with Gasteiger partial charge >= 0.3 is 0 Å². The summed E-state index contributed by atoms with van der Waals surface area (Å²) in [5.41, 5.74) is 3.00. The Morgan fingerprint density at radius 2 is 2.17 bits per heavy atom. The summed E-state index contributed by atoms with van der Waals surface area (Å²) in [7, 11) is 1.45. The van der Waals surface area contributed by atoms with E-state index in [9.17, 15) is 9.90 Å². The van der Waals surface area contributed by atoms with Crippen molar-refractivity contribution in [2.45, 2.75) is 0 Å². The number of hydrazone groups is 1. The molecule has 0 saturated carbocycles. The summed E-state index contributed by atoms with van der Waals surface area (Å²) < 4.78 is 10.3. The molecular weight excluding hydrogens is 320 g/mol. The quantitative estimate of drug-likeness (QED) is 0.628. The zero-order valence-electron chi connectivity index (χ0n) is 12.3. The van der Waals surface area contributed by atoms with Crippen molar-refractivity contribution in [3.8, 4) is 17.2 Å². The van der Waals surface area contributed by atoms with E-state index in [1.54, 1.807) is 36.4 Å². The molecule has 6 nitrogen and oxygen atoms in total. The van der Waals surface area contributed by atoms with Gasteiger partial charge in [-0.15, -0.1) is 0 Å². The normalized spacial score (nSPS) is 10.5. The van der Waals surface area contributed by atoms with Gasteiger partial charge in [0, 0.05) is 5.02 Å². The molecule has 0 fully saturated rings. The first-order valence-corrected chi connectivity index (χ1v) is 7.03. The lowest BCUT2D eigenvalue weighted by molar-refractivity contribution is -0.123. The van der Waals surface area contributed by atoms with Crippen molar-refractivity contribution in [3.05, 3.63) is 53.1 Å². The van der Waals surface area contributed by atoms with Crippen LogP contribution in [0.5, 0.6) is 17.2 Å². The molecule has 0 saturated heterocycles. The maximum absolute atomic E-state index is 11.6. The minimum atomic E-state index is -0.410. The van der Waals surface area contributed by atoms with Gasteiger partial charge < -0.3 is 14.6 Å². The summed E-state index contributed by atoms with van der Waals surface area (Å²) in [6.45, 7) is -0.184. The van der Waals surface area contributed by atoms with Gasteiger partial charge in [0.2, 0.25) is 0 Å². The maximum Gasteiger partial charge on any atom is 0.277 e. The second kappa shape index (κ2) is 8.05. The Morgan fingerprint density at radius 1 is 1.35 bits per heavy atom. The van der Waals surface area contributed by atoms with Crippen molar-refractivity contribution in [3.63, 3.8) is 0 Å². The van der Waals surface area contributed by atoms with Crippen LogP contribution in [0.2, 0.25) is 5.02 Å². The van der Waals surface area contributed by atoms with Gasteiger partial charge in [0.1, 0.15) is 5.75 Å². The van der Waals surface area contributed by atoms with Crippen LogP contribution < -0.4 is 14.9 Å².